The van der Waals surface area contributed by atoms with E-state index < -0.39 is 9.84 Å². The molecule has 0 aliphatic carbocycles. The monoisotopic (exact) mass is 255 g/mol. The van der Waals surface area contributed by atoms with Crippen LogP contribution in [0.4, 0.5) is 0 Å². The quantitative estimate of drug-likeness (QED) is 0.759. The SMILES string of the molecule is CCC(NCCCS(C)(=O)=O)c1ccccc1. The summed E-state index contributed by atoms with van der Waals surface area (Å²) in [6.45, 7) is 2.86. The molecule has 0 spiro atoms. The second-order valence-corrected chi connectivity index (χ2v) is 6.57. The Morgan fingerprint density at radius 1 is 1.24 bits per heavy atom. The van der Waals surface area contributed by atoms with Gasteiger partial charge in [0.1, 0.15) is 9.84 Å². The minimum atomic E-state index is -2.83. The van der Waals surface area contributed by atoms with Crippen LogP contribution < -0.4 is 5.32 Å². The average molecular weight is 255 g/mol. The van der Waals surface area contributed by atoms with E-state index in [1.165, 1.54) is 11.8 Å². The van der Waals surface area contributed by atoms with Crippen LogP contribution in [0.3, 0.4) is 0 Å². The maximum absolute atomic E-state index is 11.0. The lowest BCUT2D eigenvalue weighted by atomic mass is 10.0. The Hall–Kier alpha value is -0.870. The predicted octanol–water partition coefficient (Wildman–Crippen LogP) is 2.16. The van der Waals surface area contributed by atoms with Gasteiger partial charge in [0.25, 0.3) is 0 Å². The summed E-state index contributed by atoms with van der Waals surface area (Å²) in [4.78, 5) is 0. The van der Waals surface area contributed by atoms with Crippen molar-refractivity contribution in [1.82, 2.24) is 5.32 Å². The van der Waals surface area contributed by atoms with E-state index in [4.69, 9.17) is 0 Å². The van der Waals surface area contributed by atoms with E-state index in [-0.39, 0.29) is 5.75 Å². The summed E-state index contributed by atoms with van der Waals surface area (Å²) >= 11 is 0. The van der Waals surface area contributed by atoms with Gasteiger partial charge in [-0.15, -0.1) is 0 Å². The summed E-state index contributed by atoms with van der Waals surface area (Å²) in [6, 6.07) is 10.6. The van der Waals surface area contributed by atoms with Gasteiger partial charge in [-0.25, -0.2) is 8.42 Å². The summed E-state index contributed by atoms with van der Waals surface area (Å²) in [5, 5.41) is 3.39. The van der Waals surface area contributed by atoms with Crippen molar-refractivity contribution in [3.8, 4) is 0 Å². The zero-order valence-electron chi connectivity index (χ0n) is 10.5. The number of nitrogens with one attached hydrogen (secondary N) is 1. The van der Waals surface area contributed by atoms with Gasteiger partial charge in [0.05, 0.1) is 5.75 Å². The van der Waals surface area contributed by atoms with Crippen molar-refractivity contribution < 1.29 is 8.42 Å². The Bertz CT molecular complexity index is 414. The molecule has 0 saturated heterocycles. The molecule has 0 heterocycles. The molecule has 0 fully saturated rings. The first-order valence-electron chi connectivity index (χ1n) is 5.99. The molecule has 4 heteroatoms. The molecular formula is C13H21NO2S. The number of sulfone groups is 1. The number of hydrogen-bond donors (Lipinski definition) is 1. The van der Waals surface area contributed by atoms with Crippen molar-refractivity contribution in [2.24, 2.45) is 0 Å². The highest BCUT2D eigenvalue weighted by atomic mass is 32.2. The second-order valence-electron chi connectivity index (χ2n) is 4.31. The van der Waals surface area contributed by atoms with Crippen LogP contribution >= 0.6 is 0 Å². The van der Waals surface area contributed by atoms with Crippen molar-refractivity contribution in [1.29, 1.82) is 0 Å². The second kappa shape index (κ2) is 6.77. The Morgan fingerprint density at radius 3 is 2.41 bits per heavy atom. The summed E-state index contributed by atoms with van der Waals surface area (Å²) < 4.78 is 22.0. The Labute approximate surface area is 104 Å². The van der Waals surface area contributed by atoms with Crippen molar-refractivity contribution in [3.05, 3.63) is 35.9 Å². The molecule has 3 nitrogen and oxygen atoms in total. The average Bonchev–Trinajstić information content (AvgIpc) is 2.29. The van der Waals surface area contributed by atoms with Gasteiger partial charge in [-0.1, -0.05) is 37.3 Å². The molecule has 0 radical (unpaired) electrons. The molecule has 0 aliphatic rings. The fraction of sp³-hybridized carbons (Fsp3) is 0.538. The molecule has 1 aromatic carbocycles. The van der Waals surface area contributed by atoms with Gasteiger partial charge in [-0.3, -0.25) is 0 Å². The summed E-state index contributed by atoms with van der Waals surface area (Å²) in [6.07, 6.45) is 2.95. The third kappa shape index (κ3) is 5.84. The summed E-state index contributed by atoms with van der Waals surface area (Å²) in [5.74, 6) is 0.255. The highest BCUT2D eigenvalue weighted by Crippen LogP contribution is 2.15. The largest absolute Gasteiger partial charge is 0.310 e. The molecule has 0 bridgehead atoms. The van der Waals surface area contributed by atoms with Crippen molar-refractivity contribution >= 4 is 9.84 Å². The fourth-order valence-electron chi connectivity index (χ4n) is 1.79. The molecule has 1 N–H and O–H groups in total. The van der Waals surface area contributed by atoms with Gasteiger partial charge in [-0.05, 0) is 24.9 Å². The third-order valence-electron chi connectivity index (χ3n) is 2.69. The van der Waals surface area contributed by atoms with E-state index in [2.05, 4.69) is 24.4 Å². The van der Waals surface area contributed by atoms with Crippen molar-refractivity contribution in [3.63, 3.8) is 0 Å². The van der Waals surface area contributed by atoms with Crippen LogP contribution in [0.25, 0.3) is 0 Å². The van der Waals surface area contributed by atoms with Crippen LogP contribution in [0.2, 0.25) is 0 Å². The first kappa shape index (κ1) is 14.2. The molecule has 1 rings (SSSR count). The number of rotatable bonds is 7. The minimum Gasteiger partial charge on any atom is -0.310 e. The van der Waals surface area contributed by atoms with Crippen molar-refractivity contribution in [2.45, 2.75) is 25.8 Å². The van der Waals surface area contributed by atoms with Gasteiger partial charge < -0.3 is 5.32 Å². The standard InChI is InChI=1S/C13H21NO2S/c1-3-13(12-8-5-4-6-9-12)14-10-7-11-17(2,15)16/h4-6,8-9,13-14H,3,7,10-11H2,1-2H3. The van der Waals surface area contributed by atoms with Gasteiger partial charge in [0, 0.05) is 12.3 Å². The van der Waals surface area contributed by atoms with Crippen LogP contribution in [0.5, 0.6) is 0 Å². The van der Waals surface area contributed by atoms with E-state index in [0.717, 1.165) is 13.0 Å². The third-order valence-corrected chi connectivity index (χ3v) is 3.72. The van der Waals surface area contributed by atoms with Crippen LogP contribution in [0, 0.1) is 0 Å². The maximum atomic E-state index is 11.0. The molecule has 96 valence electrons. The molecule has 0 aromatic heterocycles. The van der Waals surface area contributed by atoms with Gasteiger partial charge in [0.2, 0.25) is 0 Å². The lowest BCUT2D eigenvalue weighted by Crippen LogP contribution is -2.23. The summed E-state index contributed by atoms with van der Waals surface area (Å²) in [7, 11) is -2.83. The van der Waals surface area contributed by atoms with E-state index in [1.807, 2.05) is 18.2 Å². The van der Waals surface area contributed by atoms with Gasteiger partial charge >= 0.3 is 0 Å². The Morgan fingerprint density at radius 2 is 1.88 bits per heavy atom. The van der Waals surface area contributed by atoms with E-state index >= 15 is 0 Å². The number of benzene rings is 1. The van der Waals surface area contributed by atoms with Crippen LogP contribution in [0.15, 0.2) is 30.3 Å². The lowest BCUT2D eigenvalue weighted by Gasteiger charge is -2.17. The first-order valence-corrected chi connectivity index (χ1v) is 8.05. The van der Waals surface area contributed by atoms with Crippen molar-refractivity contribution in [2.75, 3.05) is 18.6 Å². The number of hydrogen-bond acceptors (Lipinski definition) is 3. The molecule has 1 unspecified atom stereocenters. The molecule has 1 aromatic rings. The predicted molar refractivity (Wildman–Crippen MR) is 71.8 cm³/mol. The van der Waals surface area contributed by atoms with E-state index in [0.29, 0.717) is 12.5 Å². The smallest absolute Gasteiger partial charge is 0.147 e. The Kier molecular flexibility index (Phi) is 5.65. The maximum Gasteiger partial charge on any atom is 0.147 e. The lowest BCUT2D eigenvalue weighted by molar-refractivity contribution is 0.516. The normalized spacial score (nSPS) is 13.5. The zero-order chi connectivity index (χ0) is 12.7. The topological polar surface area (TPSA) is 46.2 Å². The zero-order valence-corrected chi connectivity index (χ0v) is 11.3. The molecule has 17 heavy (non-hydrogen) atoms. The highest BCUT2D eigenvalue weighted by molar-refractivity contribution is 7.90. The molecule has 0 aliphatic heterocycles. The summed E-state index contributed by atoms with van der Waals surface area (Å²) in [5.41, 5.74) is 1.26. The van der Waals surface area contributed by atoms with Crippen LogP contribution in [-0.4, -0.2) is 27.0 Å². The van der Waals surface area contributed by atoms with Crippen LogP contribution in [0.1, 0.15) is 31.4 Å². The van der Waals surface area contributed by atoms with Crippen LogP contribution in [-0.2, 0) is 9.84 Å². The first-order chi connectivity index (χ1) is 8.03. The molecular weight excluding hydrogens is 234 g/mol. The van der Waals surface area contributed by atoms with E-state index in [9.17, 15) is 8.42 Å². The highest BCUT2D eigenvalue weighted by Gasteiger charge is 2.08. The molecule has 0 amide bonds. The Balaban J connectivity index is 2.39. The minimum absolute atomic E-state index is 0.255. The molecule has 0 saturated carbocycles. The van der Waals surface area contributed by atoms with E-state index in [1.54, 1.807) is 0 Å². The van der Waals surface area contributed by atoms with Gasteiger partial charge in [-0.2, -0.15) is 0 Å². The fourth-order valence-corrected chi connectivity index (χ4v) is 2.46. The van der Waals surface area contributed by atoms with Gasteiger partial charge in [0.15, 0.2) is 0 Å². The molecule has 1 atom stereocenters.